The summed E-state index contributed by atoms with van der Waals surface area (Å²) in [7, 11) is -7.51. The van der Waals surface area contributed by atoms with Crippen LogP contribution in [0.2, 0.25) is 0 Å². The van der Waals surface area contributed by atoms with Crippen molar-refractivity contribution in [1.29, 1.82) is 0 Å². The van der Waals surface area contributed by atoms with E-state index in [9.17, 15) is 26.9 Å². The monoisotopic (exact) mass is 508 g/mol. The van der Waals surface area contributed by atoms with Crippen LogP contribution in [0.1, 0.15) is 30.0 Å². The molecule has 2 aromatic rings. The van der Waals surface area contributed by atoms with E-state index in [0.29, 0.717) is 12.8 Å². The molecule has 0 amide bonds. The maximum absolute atomic E-state index is 13.6. The zero-order valence-electron chi connectivity index (χ0n) is 18.8. The van der Waals surface area contributed by atoms with Crippen molar-refractivity contribution < 1.29 is 21.8 Å². The van der Waals surface area contributed by atoms with E-state index >= 15 is 0 Å². The minimum absolute atomic E-state index is 0.0363. The second-order valence-corrected chi connectivity index (χ2v) is 12.4. The molecule has 1 fully saturated rings. The molecule has 2 heterocycles. The summed E-state index contributed by atoms with van der Waals surface area (Å²) in [5, 5.41) is 11.0. The Hall–Kier alpha value is -2.38. The van der Waals surface area contributed by atoms with Gasteiger partial charge < -0.3 is 0 Å². The van der Waals surface area contributed by atoms with E-state index in [-0.39, 0.29) is 35.8 Å². The molecule has 2 atom stereocenters. The first kappa shape index (κ1) is 24.7. The van der Waals surface area contributed by atoms with Crippen molar-refractivity contribution >= 4 is 25.7 Å². The van der Waals surface area contributed by atoms with Crippen molar-refractivity contribution in [2.45, 2.75) is 36.2 Å². The number of rotatable bonds is 8. The second kappa shape index (κ2) is 9.70. The molecule has 2 aliphatic heterocycles. The van der Waals surface area contributed by atoms with Gasteiger partial charge in [-0.2, -0.15) is 4.31 Å². The Morgan fingerprint density at radius 2 is 1.79 bits per heavy atom. The van der Waals surface area contributed by atoms with Crippen LogP contribution in [0, 0.1) is 10.1 Å². The van der Waals surface area contributed by atoms with Crippen LogP contribution < -0.4 is 4.72 Å². The van der Waals surface area contributed by atoms with E-state index < -0.39 is 25.0 Å². The zero-order chi connectivity index (χ0) is 24.5. The highest BCUT2D eigenvalue weighted by Crippen LogP contribution is 2.39. The number of hydrogen-bond donors (Lipinski definition) is 1. The molecular formula is C22H28N4O6S2. The Morgan fingerprint density at radius 3 is 2.47 bits per heavy atom. The fourth-order valence-electron chi connectivity index (χ4n) is 4.91. The van der Waals surface area contributed by atoms with Gasteiger partial charge in [0.15, 0.2) is 0 Å². The maximum atomic E-state index is 13.6. The molecule has 1 N–H and O–H groups in total. The smallest absolute Gasteiger partial charge is 0.269 e. The van der Waals surface area contributed by atoms with Gasteiger partial charge in [0.1, 0.15) is 0 Å². The van der Waals surface area contributed by atoms with Crippen molar-refractivity contribution in [1.82, 2.24) is 13.9 Å². The zero-order valence-corrected chi connectivity index (χ0v) is 20.5. The van der Waals surface area contributed by atoms with Gasteiger partial charge in [0, 0.05) is 50.4 Å². The van der Waals surface area contributed by atoms with Crippen LogP contribution in [0.25, 0.3) is 0 Å². The summed E-state index contributed by atoms with van der Waals surface area (Å²) in [6.45, 7) is 1.55. The number of nitro benzene ring substituents is 1. The van der Waals surface area contributed by atoms with Crippen LogP contribution in [0.5, 0.6) is 0 Å². The van der Waals surface area contributed by atoms with Crippen LogP contribution in [-0.2, 0) is 26.5 Å². The quantitative estimate of drug-likeness (QED) is 0.426. The van der Waals surface area contributed by atoms with Gasteiger partial charge in [-0.25, -0.2) is 21.6 Å². The van der Waals surface area contributed by atoms with E-state index in [1.54, 1.807) is 0 Å². The first-order valence-corrected chi connectivity index (χ1v) is 14.4. The maximum Gasteiger partial charge on any atom is 0.269 e. The van der Waals surface area contributed by atoms with Crippen LogP contribution >= 0.6 is 0 Å². The topological polar surface area (TPSA) is 130 Å². The number of nitrogens with one attached hydrogen (secondary N) is 1. The fraction of sp³-hybridized carbons (Fsp3) is 0.455. The van der Waals surface area contributed by atoms with Gasteiger partial charge in [-0.3, -0.25) is 15.0 Å². The molecule has 0 aromatic heterocycles. The normalized spacial score (nSPS) is 21.1. The minimum atomic E-state index is -4.02. The summed E-state index contributed by atoms with van der Waals surface area (Å²) >= 11 is 0. The number of non-ortho nitro benzene ring substituents is 1. The molecule has 1 saturated heterocycles. The van der Waals surface area contributed by atoms with E-state index in [4.69, 9.17) is 0 Å². The molecule has 2 aromatic carbocycles. The highest BCUT2D eigenvalue weighted by Gasteiger charge is 2.39. The molecular weight excluding hydrogens is 480 g/mol. The number of nitrogens with zero attached hydrogens (tertiary/aromatic N) is 3. The van der Waals surface area contributed by atoms with Gasteiger partial charge in [-0.05, 0) is 42.5 Å². The van der Waals surface area contributed by atoms with E-state index in [0.717, 1.165) is 25.8 Å². The average Bonchev–Trinajstić information content (AvgIpc) is 2.80. The van der Waals surface area contributed by atoms with Gasteiger partial charge in [-0.15, -0.1) is 0 Å². The van der Waals surface area contributed by atoms with Crippen molar-refractivity contribution in [2.24, 2.45) is 0 Å². The highest BCUT2D eigenvalue weighted by molar-refractivity contribution is 7.89. The number of benzene rings is 2. The third-order valence-electron chi connectivity index (χ3n) is 6.53. The third kappa shape index (κ3) is 5.31. The van der Waals surface area contributed by atoms with Gasteiger partial charge in [0.25, 0.3) is 5.69 Å². The Kier molecular flexibility index (Phi) is 7.06. The lowest BCUT2D eigenvalue weighted by Crippen LogP contribution is -2.51. The number of hydrogen-bond acceptors (Lipinski definition) is 7. The van der Waals surface area contributed by atoms with Crippen molar-refractivity contribution in [3.05, 3.63) is 69.8 Å². The average molecular weight is 509 g/mol. The molecule has 4 rings (SSSR count). The lowest BCUT2D eigenvalue weighted by molar-refractivity contribution is -0.384. The van der Waals surface area contributed by atoms with Gasteiger partial charge in [-0.1, -0.05) is 24.3 Å². The van der Waals surface area contributed by atoms with Gasteiger partial charge >= 0.3 is 0 Å². The van der Waals surface area contributed by atoms with Crippen LogP contribution in [0.15, 0.2) is 53.4 Å². The van der Waals surface area contributed by atoms with Gasteiger partial charge in [0.2, 0.25) is 20.0 Å². The molecule has 0 saturated carbocycles. The minimum Gasteiger partial charge on any atom is -0.296 e. The summed E-state index contributed by atoms with van der Waals surface area (Å²) in [6, 6.07) is 12.7. The number of nitro groups is 1. The molecule has 12 heteroatoms. The second-order valence-electron chi connectivity index (χ2n) is 8.71. The lowest BCUT2D eigenvalue weighted by Gasteiger charge is -2.46. The highest BCUT2D eigenvalue weighted by atomic mass is 32.2. The predicted octanol–water partition coefficient (Wildman–Crippen LogP) is 1.90. The molecule has 0 aliphatic carbocycles. The van der Waals surface area contributed by atoms with Crippen molar-refractivity contribution in [2.75, 3.05) is 32.4 Å². The molecule has 0 unspecified atom stereocenters. The van der Waals surface area contributed by atoms with Crippen molar-refractivity contribution in [3.8, 4) is 0 Å². The first-order chi connectivity index (χ1) is 16.1. The number of fused-ring (bicyclic) bond motifs is 3. The van der Waals surface area contributed by atoms with E-state index in [2.05, 4.69) is 21.8 Å². The van der Waals surface area contributed by atoms with Gasteiger partial charge in [0.05, 0.1) is 16.1 Å². The van der Waals surface area contributed by atoms with E-state index in [1.807, 2.05) is 12.1 Å². The summed E-state index contributed by atoms with van der Waals surface area (Å²) < 4.78 is 54.2. The van der Waals surface area contributed by atoms with E-state index in [1.165, 1.54) is 39.7 Å². The number of sulfonamides is 2. The van der Waals surface area contributed by atoms with Crippen LogP contribution in [0.3, 0.4) is 0 Å². The lowest BCUT2D eigenvalue weighted by atomic mass is 9.85. The molecule has 0 spiro atoms. The Morgan fingerprint density at radius 1 is 1.09 bits per heavy atom. The molecule has 34 heavy (non-hydrogen) atoms. The SMILES string of the molecule is CS(=O)(=O)NCCN([C@@H]1CCN2CCc3ccccc3[C@@H]2C1)S(=O)(=O)c1ccc([N+](=O)[O-])cc1. The summed E-state index contributed by atoms with van der Waals surface area (Å²) in [5.74, 6) is 0. The predicted molar refractivity (Wildman–Crippen MR) is 127 cm³/mol. The molecule has 0 radical (unpaired) electrons. The fourth-order valence-corrected chi connectivity index (χ4v) is 7.04. The largest absolute Gasteiger partial charge is 0.296 e. The van der Waals surface area contributed by atoms with Crippen LogP contribution in [-0.4, -0.2) is 69.4 Å². The number of piperidine rings is 1. The molecule has 10 nitrogen and oxygen atoms in total. The molecule has 0 bridgehead atoms. The standard InChI is InChI=1S/C22H28N4O6S2/c1-33(29,30)23-12-15-25(34(31,32)20-8-6-18(7-9-20)26(27)28)19-11-14-24-13-10-17-4-2-3-5-21(17)22(24)16-19/h2-9,19,22-23H,10-16H2,1H3/t19-,22+/m1/s1. The van der Waals surface area contributed by atoms with Crippen molar-refractivity contribution in [3.63, 3.8) is 0 Å². The van der Waals surface area contributed by atoms with Crippen LogP contribution in [0.4, 0.5) is 5.69 Å². The summed E-state index contributed by atoms with van der Waals surface area (Å²) in [6.07, 6.45) is 3.19. The summed E-state index contributed by atoms with van der Waals surface area (Å²) in [4.78, 5) is 12.7. The Bertz CT molecular complexity index is 1260. The Labute approximate surface area is 199 Å². The summed E-state index contributed by atoms with van der Waals surface area (Å²) in [5.41, 5.74) is 2.28. The first-order valence-electron chi connectivity index (χ1n) is 11.1. The third-order valence-corrected chi connectivity index (χ3v) is 9.22. The molecule has 184 valence electrons. The molecule has 2 aliphatic rings. The Balaban J connectivity index is 1.64.